The van der Waals surface area contributed by atoms with Crippen LogP contribution in [0.15, 0.2) is 26.3 Å². The molecule has 1 N–H and O–H groups in total. The van der Waals surface area contributed by atoms with Crippen LogP contribution in [0, 0.1) is 0 Å². The fourth-order valence-electron chi connectivity index (χ4n) is 0. The summed E-state index contributed by atoms with van der Waals surface area (Å²) >= 11 is 0. The maximum atomic E-state index is 3.00. The van der Waals surface area contributed by atoms with Crippen molar-refractivity contribution in [1.29, 1.82) is 0 Å². The van der Waals surface area contributed by atoms with E-state index in [4.69, 9.17) is 0 Å². The SMILES string of the molecule is C=C.C=C.C[N+](C)(C)C.[OH-]. The highest BCUT2D eigenvalue weighted by Crippen LogP contribution is 1.73. The summed E-state index contributed by atoms with van der Waals surface area (Å²) in [5.74, 6) is 0. The Morgan fingerprint density at radius 2 is 0.700 bits per heavy atom. The average Bonchev–Trinajstić information content (AvgIpc) is 1.72. The van der Waals surface area contributed by atoms with E-state index in [0.29, 0.717) is 0 Å². The molecule has 0 unspecified atom stereocenters. The van der Waals surface area contributed by atoms with E-state index in [9.17, 15) is 0 Å². The molecule has 10 heavy (non-hydrogen) atoms. The molecule has 2 heteroatoms. The molecular formula is C8H21NO. The number of rotatable bonds is 0. The zero-order chi connectivity index (χ0) is 8.50. The molecule has 0 radical (unpaired) electrons. The predicted molar refractivity (Wildman–Crippen MR) is 48.4 cm³/mol. The van der Waals surface area contributed by atoms with Gasteiger partial charge < -0.3 is 9.96 Å². The van der Waals surface area contributed by atoms with Gasteiger partial charge in [-0.05, 0) is 0 Å². The molecule has 0 aromatic carbocycles. The Labute approximate surface area is 65.4 Å². The third-order valence-corrected chi connectivity index (χ3v) is 0. The van der Waals surface area contributed by atoms with Crippen molar-refractivity contribution in [2.24, 2.45) is 0 Å². The van der Waals surface area contributed by atoms with Gasteiger partial charge in [0.25, 0.3) is 0 Å². The van der Waals surface area contributed by atoms with E-state index in [1.54, 1.807) is 0 Å². The van der Waals surface area contributed by atoms with Crippen molar-refractivity contribution < 1.29 is 9.96 Å². The molecule has 0 fully saturated rings. The summed E-state index contributed by atoms with van der Waals surface area (Å²) in [5, 5.41) is 0. The van der Waals surface area contributed by atoms with Crippen molar-refractivity contribution in [1.82, 2.24) is 0 Å². The van der Waals surface area contributed by atoms with Crippen molar-refractivity contribution in [3.63, 3.8) is 0 Å². The lowest BCUT2D eigenvalue weighted by Crippen LogP contribution is -2.27. The highest BCUT2D eigenvalue weighted by atomic mass is 16.0. The summed E-state index contributed by atoms with van der Waals surface area (Å²) in [4.78, 5) is 0. The van der Waals surface area contributed by atoms with Crippen molar-refractivity contribution in [2.45, 2.75) is 0 Å². The van der Waals surface area contributed by atoms with Crippen molar-refractivity contribution in [3.8, 4) is 0 Å². The molecule has 0 aliphatic heterocycles. The largest absolute Gasteiger partial charge is 0.870 e. The first kappa shape index (κ1) is 22.7. The Morgan fingerprint density at radius 1 is 0.700 bits per heavy atom. The molecule has 0 saturated heterocycles. The molecule has 64 valence electrons. The van der Waals surface area contributed by atoms with Gasteiger partial charge in [0.1, 0.15) is 0 Å². The maximum absolute atomic E-state index is 3.00. The first-order valence-electron chi connectivity index (χ1n) is 2.79. The summed E-state index contributed by atoms with van der Waals surface area (Å²) < 4.78 is 1.00. The van der Waals surface area contributed by atoms with Crippen molar-refractivity contribution >= 4 is 0 Å². The third-order valence-electron chi connectivity index (χ3n) is 0. The second-order valence-electron chi connectivity index (χ2n) is 2.68. The van der Waals surface area contributed by atoms with E-state index < -0.39 is 0 Å². The van der Waals surface area contributed by atoms with Crippen molar-refractivity contribution in [3.05, 3.63) is 26.3 Å². The number of hydrogen-bond acceptors (Lipinski definition) is 1. The molecule has 0 amide bonds. The summed E-state index contributed by atoms with van der Waals surface area (Å²) in [6.07, 6.45) is 0. The minimum atomic E-state index is 0. The Bertz CT molecular complexity index is 39.7. The lowest BCUT2D eigenvalue weighted by molar-refractivity contribution is -0.849. The van der Waals surface area contributed by atoms with Gasteiger partial charge in [-0.25, -0.2) is 0 Å². The van der Waals surface area contributed by atoms with Crippen LogP contribution in [0.3, 0.4) is 0 Å². The molecule has 0 aromatic heterocycles. The molecule has 0 aliphatic carbocycles. The van der Waals surface area contributed by atoms with Crippen LogP contribution in [0.4, 0.5) is 0 Å². The first-order valence-corrected chi connectivity index (χ1v) is 2.79. The minimum absolute atomic E-state index is 0. The zero-order valence-corrected chi connectivity index (χ0v) is 7.72. The Morgan fingerprint density at radius 3 is 0.700 bits per heavy atom. The molecule has 0 spiro atoms. The van der Waals surface area contributed by atoms with Crippen LogP contribution in [0.1, 0.15) is 0 Å². The Hall–Kier alpha value is -0.600. The zero-order valence-electron chi connectivity index (χ0n) is 7.72. The fourth-order valence-corrected chi connectivity index (χ4v) is 0. The van der Waals surface area contributed by atoms with Gasteiger partial charge in [0, 0.05) is 0 Å². The van der Waals surface area contributed by atoms with Gasteiger partial charge in [0.15, 0.2) is 0 Å². The number of quaternary nitrogens is 1. The lowest BCUT2D eigenvalue weighted by Gasteiger charge is -2.14. The highest BCUT2D eigenvalue weighted by Gasteiger charge is 1.88. The van der Waals surface area contributed by atoms with Crippen LogP contribution >= 0.6 is 0 Å². The van der Waals surface area contributed by atoms with Crippen LogP contribution in [0.5, 0.6) is 0 Å². The lowest BCUT2D eigenvalue weighted by atomic mass is 10.8. The summed E-state index contributed by atoms with van der Waals surface area (Å²) in [6.45, 7) is 12.0. The van der Waals surface area contributed by atoms with Crippen LogP contribution in [-0.4, -0.2) is 38.1 Å². The summed E-state index contributed by atoms with van der Waals surface area (Å²) in [7, 11) is 8.50. The molecule has 0 atom stereocenters. The second-order valence-corrected chi connectivity index (χ2v) is 2.68. The topological polar surface area (TPSA) is 30.0 Å². The van der Waals surface area contributed by atoms with E-state index in [0.717, 1.165) is 4.48 Å². The van der Waals surface area contributed by atoms with Gasteiger partial charge in [-0.3, -0.25) is 0 Å². The molecule has 0 aromatic rings. The Balaban J connectivity index is -0.0000000315. The summed E-state index contributed by atoms with van der Waals surface area (Å²) in [6, 6.07) is 0. The van der Waals surface area contributed by atoms with E-state index in [-0.39, 0.29) is 5.48 Å². The molecular weight excluding hydrogens is 126 g/mol. The van der Waals surface area contributed by atoms with Crippen LogP contribution < -0.4 is 0 Å². The van der Waals surface area contributed by atoms with Gasteiger partial charge in [0.05, 0.1) is 28.2 Å². The van der Waals surface area contributed by atoms with E-state index in [1.807, 2.05) is 0 Å². The molecule has 0 aliphatic rings. The normalized spacial score (nSPS) is 6.80. The molecule has 0 bridgehead atoms. The van der Waals surface area contributed by atoms with E-state index >= 15 is 0 Å². The van der Waals surface area contributed by atoms with Crippen LogP contribution in [-0.2, 0) is 0 Å². The Kier molecular flexibility index (Phi) is 35.9. The smallest absolute Gasteiger partial charge is 0.0675 e. The standard InChI is InChI=1S/C4H12N.2C2H4.H2O/c1-5(2,3)4;2*1-2;/h1-4H3;2*1-2H2;1H2/q+1;;;/p-1. The number of nitrogens with zero attached hydrogens (tertiary/aromatic N) is 1. The predicted octanol–water partition coefficient (Wildman–Crippen LogP) is 1.75. The quantitative estimate of drug-likeness (QED) is 0.379. The van der Waals surface area contributed by atoms with Gasteiger partial charge in [-0.15, -0.1) is 26.3 Å². The second kappa shape index (κ2) is 15.8. The van der Waals surface area contributed by atoms with Gasteiger partial charge >= 0.3 is 0 Å². The monoisotopic (exact) mass is 147 g/mol. The maximum Gasteiger partial charge on any atom is 0.0675 e. The van der Waals surface area contributed by atoms with Gasteiger partial charge in [-0.2, -0.15) is 0 Å². The third kappa shape index (κ3) is 842. The number of hydrogen-bond donors (Lipinski definition) is 0. The van der Waals surface area contributed by atoms with E-state index in [1.165, 1.54) is 0 Å². The van der Waals surface area contributed by atoms with Crippen LogP contribution in [0.2, 0.25) is 0 Å². The molecule has 0 rings (SSSR count). The highest BCUT2D eigenvalue weighted by molar-refractivity contribution is 4.22. The molecule has 2 nitrogen and oxygen atoms in total. The fraction of sp³-hybridized carbons (Fsp3) is 0.500. The van der Waals surface area contributed by atoms with Gasteiger partial charge in [0.2, 0.25) is 0 Å². The molecule has 0 saturated carbocycles. The summed E-state index contributed by atoms with van der Waals surface area (Å²) in [5.41, 5.74) is 0. The van der Waals surface area contributed by atoms with Gasteiger partial charge in [-0.1, -0.05) is 0 Å². The average molecular weight is 147 g/mol. The van der Waals surface area contributed by atoms with E-state index in [2.05, 4.69) is 54.5 Å². The van der Waals surface area contributed by atoms with Crippen molar-refractivity contribution in [2.75, 3.05) is 28.2 Å². The molecule has 0 heterocycles. The first-order chi connectivity index (χ1) is 4.00. The minimum Gasteiger partial charge on any atom is -0.870 e. The van der Waals surface area contributed by atoms with Crippen LogP contribution in [0.25, 0.3) is 0 Å².